The number of amides is 4. The maximum atomic E-state index is 13.0. The van der Waals surface area contributed by atoms with Gasteiger partial charge in [-0.05, 0) is 30.9 Å². The van der Waals surface area contributed by atoms with Gasteiger partial charge in [0.05, 0.1) is 11.2 Å². The number of imide groups is 1. The highest BCUT2D eigenvalue weighted by Crippen LogP contribution is 2.38. The van der Waals surface area contributed by atoms with Crippen molar-refractivity contribution in [2.24, 2.45) is 5.92 Å². The van der Waals surface area contributed by atoms with Gasteiger partial charge in [-0.15, -0.1) is 0 Å². The van der Waals surface area contributed by atoms with Gasteiger partial charge in [0.15, 0.2) is 0 Å². The largest absolute Gasteiger partial charge is 0.325 e. The van der Waals surface area contributed by atoms with Crippen LogP contribution in [-0.4, -0.2) is 39.8 Å². The van der Waals surface area contributed by atoms with Crippen molar-refractivity contribution >= 4 is 34.4 Å². The average Bonchev–Trinajstić information content (AvgIpc) is 2.89. The van der Waals surface area contributed by atoms with E-state index in [4.69, 9.17) is 0 Å². The SMILES string of the molecule is C[C@@H]1CCCC[C@]12NC(=O)N(CC(=O)Nc1cccc3cccnc13)C2=O. The molecule has 27 heavy (non-hydrogen) atoms. The van der Waals surface area contributed by atoms with Crippen LogP contribution in [0.25, 0.3) is 10.9 Å². The van der Waals surface area contributed by atoms with E-state index in [0.717, 1.165) is 29.5 Å². The Morgan fingerprint density at radius 2 is 2.11 bits per heavy atom. The smallest absolute Gasteiger partial charge is 0.323 e. The number of nitrogens with one attached hydrogen (secondary N) is 2. The molecule has 2 atom stereocenters. The maximum absolute atomic E-state index is 13.0. The lowest BCUT2D eigenvalue weighted by molar-refractivity contribution is -0.136. The maximum Gasteiger partial charge on any atom is 0.325 e. The summed E-state index contributed by atoms with van der Waals surface area (Å²) in [4.78, 5) is 43.2. The zero-order valence-corrected chi connectivity index (χ0v) is 15.2. The van der Waals surface area contributed by atoms with Crippen LogP contribution in [0, 0.1) is 5.92 Å². The minimum atomic E-state index is -0.851. The first-order valence-corrected chi connectivity index (χ1v) is 9.29. The molecule has 2 aliphatic rings. The predicted molar refractivity (Wildman–Crippen MR) is 101 cm³/mol. The van der Waals surface area contributed by atoms with Crippen molar-refractivity contribution in [1.29, 1.82) is 0 Å². The van der Waals surface area contributed by atoms with E-state index in [9.17, 15) is 14.4 Å². The van der Waals surface area contributed by atoms with Gasteiger partial charge in [-0.1, -0.05) is 38.0 Å². The molecule has 1 aromatic carbocycles. The Morgan fingerprint density at radius 3 is 2.93 bits per heavy atom. The van der Waals surface area contributed by atoms with Crippen molar-refractivity contribution in [3.05, 3.63) is 36.5 Å². The number of hydrogen-bond donors (Lipinski definition) is 2. The molecule has 1 aromatic heterocycles. The number of anilines is 1. The number of urea groups is 1. The molecule has 1 spiro atoms. The van der Waals surface area contributed by atoms with Gasteiger partial charge in [0, 0.05) is 11.6 Å². The minimum absolute atomic E-state index is 0.0676. The predicted octanol–water partition coefficient (Wildman–Crippen LogP) is 2.67. The molecule has 0 radical (unpaired) electrons. The summed E-state index contributed by atoms with van der Waals surface area (Å²) in [7, 11) is 0. The van der Waals surface area contributed by atoms with Gasteiger partial charge in [-0.2, -0.15) is 0 Å². The molecule has 1 saturated carbocycles. The summed E-state index contributed by atoms with van der Waals surface area (Å²) >= 11 is 0. The second-order valence-electron chi connectivity index (χ2n) is 7.37. The van der Waals surface area contributed by atoms with Crippen molar-refractivity contribution in [3.63, 3.8) is 0 Å². The number of hydrogen-bond acceptors (Lipinski definition) is 4. The molecule has 2 fully saturated rings. The average molecular weight is 366 g/mol. The number of aromatic nitrogens is 1. The molecule has 4 amide bonds. The summed E-state index contributed by atoms with van der Waals surface area (Å²) in [5.41, 5.74) is 0.380. The second kappa shape index (κ2) is 6.64. The van der Waals surface area contributed by atoms with Crippen molar-refractivity contribution < 1.29 is 14.4 Å². The van der Waals surface area contributed by atoms with E-state index < -0.39 is 17.5 Å². The van der Waals surface area contributed by atoms with Crippen molar-refractivity contribution in [3.8, 4) is 0 Å². The van der Waals surface area contributed by atoms with Crippen LogP contribution in [0.5, 0.6) is 0 Å². The Labute approximate surface area is 157 Å². The van der Waals surface area contributed by atoms with Crippen LogP contribution < -0.4 is 10.6 Å². The van der Waals surface area contributed by atoms with E-state index in [0.29, 0.717) is 17.6 Å². The summed E-state index contributed by atoms with van der Waals surface area (Å²) in [6.07, 6.45) is 5.14. The van der Waals surface area contributed by atoms with Gasteiger partial charge in [0.25, 0.3) is 5.91 Å². The van der Waals surface area contributed by atoms with E-state index >= 15 is 0 Å². The molecular weight excluding hydrogens is 344 g/mol. The zero-order chi connectivity index (χ0) is 19.0. The summed E-state index contributed by atoms with van der Waals surface area (Å²) in [6, 6.07) is 8.73. The molecule has 1 aliphatic heterocycles. The molecule has 4 rings (SSSR count). The third kappa shape index (κ3) is 2.93. The van der Waals surface area contributed by atoms with E-state index in [1.807, 2.05) is 31.2 Å². The molecule has 2 heterocycles. The summed E-state index contributed by atoms with van der Waals surface area (Å²) in [6.45, 7) is 1.69. The van der Waals surface area contributed by atoms with Crippen LogP contribution in [0.3, 0.4) is 0 Å². The van der Waals surface area contributed by atoms with E-state index in [2.05, 4.69) is 15.6 Å². The van der Waals surface area contributed by atoms with Crippen LogP contribution in [0.1, 0.15) is 32.6 Å². The first kappa shape index (κ1) is 17.5. The molecular formula is C20H22N4O3. The molecule has 2 N–H and O–H groups in total. The molecule has 0 unspecified atom stereocenters. The Hall–Kier alpha value is -2.96. The number of para-hydroxylation sites is 1. The minimum Gasteiger partial charge on any atom is -0.323 e. The van der Waals surface area contributed by atoms with Crippen molar-refractivity contribution in [2.45, 2.75) is 38.1 Å². The second-order valence-corrected chi connectivity index (χ2v) is 7.37. The Bertz CT molecular complexity index is 923. The normalized spacial score (nSPS) is 25.1. The first-order valence-electron chi connectivity index (χ1n) is 9.29. The highest BCUT2D eigenvalue weighted by molar-refractivity contribution is 6.11. The topological polar surface area (TPSA) is 91.4 Å². The lowest BCUT2D eigenvalue weighted by atomic mass is 9.73. The molecule has 140 valence electrons. The van der Waals surface area contributed by atoms with Gasteiger partial charge in [0.2, 0.25) is 5.91 Å². The first-order chi connectivity index (χ1) is 13.0. The number of pyridine rings is 1. The number of benzene rings is 1. The molecule has 2 aromatic rings. The van der Waals surface area contributed by atoms with E-state index in [1.165, 1.54) is 0 Å². The third-order valence-corrected chi connectivity index (χ3v) is 5.71. The van der Waals surface area contributed by atoms with Crippen molar-refractivity contribution in [1.82, 2.24) is 15.2 Å². The van der Waals surface area contributed by atoms with Gasteiger partial charge in [0.1, 0.15) is 12.1 Å². The zero-order valence-electron chi connectivity index (χ0n) is 15.2. The fourth-order valence-corrected chi connectivity index (χ4v) is 4.18. The number of fused-ring (bicyclic) bond motifs is 1. The molecule has 0 bridgehead atoms. The Kier molecular flexibility index (Phi) is 4.30. The van der Waals surface area contributed by atoms with Crippen molar-refractivity contribution in [2.75, 3.05) is 11.9 Å². The van der Waals surface area contributed by atoms with Crippen LogP contribution in [0.15, 0.2) is 36.5 Å². The van der Waals surface area contributed by atoms with Crippen LogP contribution in [-0.2, 0) is 9.59 Å². The lowest BCUT2D eigenvalue weighted by Crippen LogP contribution is -2.54. The van der Waals surface area contributed by atoms with Gasteiger partial charge >= 0.3 is 6.03 Å². The fraction of sp³-hybridized carbons (Fsp3) is 0.400. The molecule has 7 heteroatoms. The lowest BCUT2D eigenvalue weighted by Gasteiger charge is -2.36. The number of rotatable bonds is 3. The number of nitrogens with zero attached hydrogens (tertiary/aromatic N) is 2. The molecule has 1 saturated heterocycles. The van der Waals surface area contributed by atoms with Crippen LogP contribution in [0.4, 0.5) is 10.5 Å². The van der Waals surface area contributed by atoms with Crippen LogP contribution >= 0.6 is 0 Å². The van der Waals surface area contributed by atoms with Gasteiger partial charge in [-0.25, -0.2) is 4.79 Å². The van der Waals surface area contributed by atoms with Gasteiger partial charge < -0.3 is 10.6 Å². The monoisotopic (exact) mass is 366 g/mol. The Morgan fingerprint density at radius 1 is 1.30 bits per heavy atom. The fourth-order valence-electron chi connectivity index (χ4n) is 4.18. The Balaban J connectivity index is 1.51. The van der Waals surface area contributed by atoms with Gasteiger partial charge in [-0.3, -0.25) is 19.5 Å². The summed E-state index contributed by atoms with van der Waals surface area (Å²) in [5, 5.41) is 6.55. The number of carbonyl (C=O) groups excluding carboxylic acids is 3. The third-order valence-electron chi connectivity index (χ3n) is 5.71. The standard InChI is InChI=1S/C20H22N4O3/c1-13-6-2-3-10-20(13)18(26)24(19(27)23-20)12-16(25)22-15-9-4-7-14-8-5-11-21-17(14)15/h4-5,7-9,11,13H,2-3,6,10,12H2,1H3,(H,22,25)(H,23,27)/t13-,20+/m1/s1. The summed E-state index contributed by atoms with van der Waals surface area (Å²) in [5.74, 6) is -0.638. The molecule has 7 nitrogen and oxygen atoms in total. The highest BCUT2D eigenvalue weighted by atomic mass is 16.2. The summed E-state index contributed by atoms with van der Waals surface area (Å²) < 4.78 is 0. The highest BCUT2D eigenvalue weighted by Gasteiger charge is 2.55. The van der Waals surface area contributed by atoms with E-state index in [-0.39, 0.29) is 18.4 Å². The molecule has 1 aliphatic carbocycles. The quantitative estimate of drug-likeness (QED) is 0.817. The van der Waals surface area contributed by atoms with E-state index in [1.54, 1.807) is 12.3 Å². The van der Waals surface area contributed by atoms with Crippen LogP contribution in [0.2, 0.25) is 0 Å². The number of carbonyl (C=O) groups is 3.